The minimum atomic E-state index is 0.559. The molecule has 2 rings (SSSR count). The molecule has 0 aromatic heterocycles. The lowest BCUT2D eigenvalue weighted by Gasteiger charge is -2.33. The SMILES string of the molecule is CCOc1cc(C=O)ccc1OCCCN1CCCC[C@@H]1C. The molecule has 0 saturated carbocycles. The topological polar surface area (TPSA) is 38.8 Å². The van der Waals surface area contributed by atoms with E-state index in [0.29, 0.717) is 30.6 Å². The highest BCUT2D eigenvalue weighted by Gasteiger charge is 2.17. The van der Waals surface area contributed by atoms with Gasteiger partial charge in [0.1, 0.15) is 6.29 Å². The van der Waals surface area contributed by atoms with Crippen molar-refractivity contribution >= 4 is 6.29 Å². The van der Waals surface area contributed by atoms with Crippen molar-refractivity contribution in [3.05, 3.63) is 23.8 Å². The molecule has 22 heavy (non-hydrogen) atoms. The van der Waals surface area contributed by atoms with Gasteiger partial charge in [-0.3, -0.25) is 4.79 Å². The maximum atomic E-state index is 10.8. The monoisotopic (exact) mass is 305 g/mol. The molecule has 1 aliphatic rings. The number of nitrogens with zero attached hydrogens (tertiary/aromatic N) is 1. The van der Waals surface area contributed by atoms with E-state index in [1.165, 1.54) is 25.8 Å². The number of ether oxygens (including phenoxy) is 2. The zero-order chi connectivity index (χ0) is 15.8. The minimum absolute atomic E-state index is 0.559. The molecule has 1 aliphatic heterocycles. The lowest BCUT2D eigenvalue weighted by Crippen LogP contribution is -2.38. The zero-order valence-corrected chi connectivity index (χ0v) is 13.7. The van der Waals surface area contributed by atoms with Gasteiger partial charge in [0, 0.05) is 18.2 Å². The van der Waals surface area contributed by atoms with Crippen LogP contribution in [0.3, 0.4) is 0 Å². The van der Waals surface area contributed by atoms with E-state index >= 15 is 0 Å². The van der Waals surface area contributed by atoms with E-state index in [0.717, 1.165) is 25.0 Å². The maximum Gasteiger partial charge on any atom is 0.161 e. The van der Waals surface area contributed by atoms with Gasteiger partial charge < -0.3 is 14.4 Å². The molecule has 1 heterocycles. The summed E-state index contributed by atoms with van der Waals surface area (Å²) in [7, 11) is 0. The van der Waals surface area contributed by atoms with Gasteiger partial charge in [0.15, 0.2) is 11.5 Å². The second-order valence-electron chi connectivity index (χ2n) is 5.84. The van der Waals surface area contributed by atoms with Crippen molar-refractivity contribution in [3.8, 4) is 11.5 Å². The lowest BCUT2D eigenvalue weighted by atomic mass is 10.0. The van der Waals surface area contributed by atoms with Crippen molar-refractivity contribution in [2.75, 3.05) is 26.3 Å². The van der Waals surface area contributed by atoms with E-state index in [9.17, 15) is 4.79 Å². The van der Waals surface area contributed by atoms with Crippen LogP contribution in [-0.4, -0.2) is 43.5 Å². The second kappa shape index (κ2) is 8.79. The Morgan fingerprint density at radius 1 is 1.27 bits per heavy atom. The molecule has 4 heteroatoms. The average Bonchev–Trinajstić information content (AvgIpc) is 2.54. The number of likely N-dealkylation sites (tertiary alicyclic amines) is 1. The Bertz CT molecular complexity index is 475. The van der Waals surface area contributed by atoms with Crippen LogP contribution < -0.4 is 9.47 Å². The quantitative estimate of drug-likeness (QED) is 0.544. The average molecular weight is 305 g/mol. The van der Waals surface area contributed by atoms with Crippen LogP contribution >= 0.6 is 0 Å². The van der Waals surface area contributed by atoms with Crippen LogP contribution in [0.5, 0.6) is 11.5 Å². The van der Waals surface area contributed by atoms with Crippen LogP contribution in [0.15, 0.2) is 18.2 Å². The Labute approximate surface area is 133 Å². The van der Waals surface area contributed by atoms with Gasteiger partial charge in [0.05, 0.1) is 13.2 Å². The summed E-state index contributed by atoms with van der Waals surface area (Å²) in [6.45, 7) is 7.76. The first-order valence-electron chi connectivity index (χ1n) is 8.33. The van der Waals surface area contributed by atoms with Gasteiger partial charge in [-0.1, -0.05) is 6.42 Å². The van der Waals surface area contributed by atoms with Crippen molar-refractivity contribution in [3.63, 3.8) is 0 Å². The first-order chi connectivity index (χ1) is 10.7. The van der Waals surface area contributed by atoms with E-state index in [1.54, 1.807) is 12.1 Å². The van der Waals surface area contributed by atoms with Gasteiger partial charge in [-0.25, -0.2) is 0 Å². The Morgan fingerprint density at radius 2 is 2.14 bits per heavy atom. The van der Waals surface area contributed by atoms with E-state index in [-0.39, 0.29) is 0 Å². The second-order valence-corrected chi connectivity index (χ2v) is 5.84. The van der Waals surface area contributed by atoms with Crippen molar-refractivity contribution in [1.82, 2.24) is 4.90 Å². The van der Waals surface area contributed by atoms with Crippen LogP contribution in [0.2, 0.25) is 0 Å². The summed E-state index contributed by atoms with van der Waals surface area (Å²) in [5, 5.41) is 0. The number of aldehydes is 1. The summed E-state index contributed by atoms with van der Waals surface area (Å²) < 4.78 is 11.4. The molecule has 0 amide bonds. The van der Waals surface area contributed by atoms with Crippen LogP contribution in [-0.2, 0) is 0 Å². The number of piperidine rings is 1. The summed E-state index contributed by atoms with van der Waals surface area (Å²) in [4.78, 5) is 13.4. The van der Waals surface area contributed by atoms with Gasteiger partial charge in [0.25, 0.3) is 0 Å². The highest BCUT2D eigenvalue weighted by atomic mass is 16.5. The molecule has 1 aromatic carbocycles. The lowest BCUT2D eigenvalue weighted by molar-refractivity contribution is 0.112. The fourth-order valence-electron chi connectivity index (χ4n) is 2.93. The Kier molecular flexibility index (Phi) is 6.72. The Hall–Kier alpha value is -1.55. The first kappa shape index (κ1) is 16.8. The molecule has 0 N–H and O–H groups in total. The molecule has 1 fully saturated rings. The molecule has 0 radical (unpaired) electrons. The molecule has 4 nitrogen and oxygen atoms in total. The molecule has 1 aromatic rings. The predicted molar refractivity (Wildman–Crippen MR) is 88.0 cm³/mol. The fraction of sp³-hybridized carbons (Fsp3) is 0.611. The smallest absolute Gasteiger partial charge is 0.161 e. The van der Waals surface area contributed by atoms with E-state index in [4.69, 9.17) is 9.47 Å². The highest BCUT2D eigenvalue weighted by molar-refractivity contribution is 5.76. The van der Waals surface area contributed by atoms with E-state index < -0.39 is 0 Å². The number of hydrogen-bond donors (Lipinski definition) is 0. The van der Waals surface area contributed by atoms with Gasteiger partial charge in [-0.05, 0) is 57.9 Å². The molecule has 0 spiro atoms. The van der Waals surface area contributed by atoms with Crippen molar-refractivity contribution in [2.24, 2.45) is 0 Å². The first-order valence-corrected chi connectivity index (χ1v) is 8.33. The van der Waals surface area contributed by atoms with Crippen LogP contribution in [0.4, 0.5) is 0 Å². The Morgan fingerprint density at radius 3 is 2.86 bits per heavy atom. The predicted octanol–water partition coefficient (Wildman–Crippen LogP) is 3.54. The third-order valence-corrected chi connectivity index (χ3v) is 4.19. The van der Waals surface area contributed by atoms with Crippen molar-refractivity contribution in [1.29, 1.82) is 0 Å². The third-order valence-electron chi connectivity index (χ3n) is 4.19. The molecule has 1 atom stereocenters. The third kappa shape index (κ3) is 4.73. The summed E-state index contributed by atoms with van der Waals surface area (Å²) in [6, 6.07) is 6.01. The molecule has 1 saturated heterocycles. The van der Waals surface area contributed by atoms with Crippen molar-refractivity contribution < 1.29 is 14.3 Å². The fourth-order valence-corrected chi connectivity index (χ4v) is 2.93. The van der Waals surface area contributed by atoms with Crippen LogP contribution in [0, 0.1) is 0 Å². The van der Waals surface area contributed by atoms with Gasteiger partial charge >= 0.3 is 0 Å². The normalized spacial score (nSPS) is 18.9. The zero-order valence-electron chi connectivity index (χ0n) is 13.7. The molecule has 0 unspecified atom stereocenters. The van der Waals surface area contributed by atoms with Gasteiger partial charge in [-0.2, -0.15) is 0 Å². The summed E-state index contributed by atoms with van der Waals surface area (Å²) in [6.07, 6.45) is 5.81. The Balaban J connectivity index is 1.81. The molecular formula is C18H27NO3. The number of carbonyl (C=O) groups is 1. The van der Waals surface area contributed by atoms with Crippen LogP contribution in [0.25, 0.3) is 0 Å². The standard InChI is InChI=1S/C18H27NO3/c1-3-21-18-13-16(14-20)8-9-17(18)22-12-6-11-19-10-5-4-7-15(19)2/h8-9,13-15H,3-7,10-12H2,1-2H3/t15-/m0/s1. The number of hydrogen-bond acceptors (Lipinski definition) is 4. The highest BCUT2D eigenvalue weighted by Crippen LogP contribution is 2.28. The number of benzene rings is 1. The van der Waals surface area contributed by atoms with Gasteiger partial charge in [-0.15, -0.1) is 0 Å². The van der Waals surface area contributed by atoms with Gasteiger partial charge in [0.2, 0.25) is 0 Å². The maximum absolute atomic E-state index is 10.8. The van der Waals surface area contributed by atoms with Crippen molar-refractivity contribution in [2.45, 2.75) is 45.6 Å². The molecule has 122 valence electrons. The van der Waals surface area contributed by atoms with Crippen LogP contribution in [0.1, 0.15) is 49.9 Å². The largest absolute Gasteiger partial charge is 0.490 e. The van der Waals surface area contributed by atoms with E-state index in [1.807, 2.05) is 13.0 Å². The summed E-state index contributed by atoms with van der Waals surface area (Å²) >= 11 is 0. The van der Waals surface area contributed by atoms with E-state index in [2.05, 4.69) is 11.8 Å². The number of carbonyl (C=O) groups excluding carboxylic acids is 1. The number of rotatable bonds is 8. The summed E-state index contributed by atoms with van der Waals surface area (Å²) in [5.74, 6) is 1.37. The minimum Gasteiger partial charge on any atom is -0.490 e. The summed E-state index contributed by atoms with van der Waals surface area (Å²) in [5.41, 5.74) is 0.609. The molecule has 0 aliphatic carbocycles. The molecule has 0 bridgehead atoms. The molecular weight excluding hydrogens is 278 g/mol.